The van der Waals surface area contributed by atoms with Gasteiger partial charge in [0, 0.05) is 33.4 Å². The molecule has 0 radical (unpaired) electrons. The first-order valence-electron chi connectivity index (χ1n) is 15.5. The molecule has 46 heavy (non-hydrogen) atoms. The van der Waals surface area contributed by atoms with Crippen LogP contribution in [0.15, 0.2) is 174 Å². The van der Waals surface area contributed by atoms with Crippen molar-refractivity contribution in [3.05, 3.63) is 170 Å². The van der Waals surface area contributed by atoms with Gasteiger partial charge in [0.2, 0.25) is 5.89 Å². The molecule has 1 aromatic heterocycles. The Morgan fingerprint density at radius 3 is 1.78 bits per heavy atom. The van der Waals surface area contributed by atoms with Crippen molar-refractivity contribution in [2.24, 2.45) is 0 Å². The number of hydrogen-bond donors (Lipinski definition) is 0. The molecule has 9 rings (SSSR count). The maximum absolute atomic E-state index is 6.56. The summed E-state index contributed by atoms with van der Waals surface area (Å²) in [6.07, 6.45) is 0. The number of nitrogens with zero attached hydrogens (tertiary/aromatic N) is 2. The SMILES string of the molecule is c1ccc(-c2ccc3c(c2)c2cc(N(c4ccccc4)c4ccc5ccccc5c4)ccc2c2nc(-c4ccccc4)oc32)cc1. The molecule has 216 valence electrons. The highest BCUT2D eigenvalue weighted by Crippen LogP contribution is 2.43. The minimum atomic E-state index is 0.627. The highest BCUT2D eigenvalue weighted by molar-refractivity contribution is 6.24. The molecule has 0 amide bonds. The molecule has 3 nitrogen and oxygen atoms in total. The fraction of sp³-hybridized carbons (Fsp3) is 0. The summed E-state index contributed by atoms with van der Waals surface area (Å²) in [6.45, 7) is 0. The van der Waals surface area contributed by atoms with E-state index in [1.807, 2.05) is 30.3 Å². The molecule has 0 saturated carbocycles. The number of hydrogen-bond acceptors (Lipinski definition) is 3. The average molecular weight is 589 g/mol. The van der Waals surface area contributed by atoms with E-state index < -0.39 is 0 Å². The standard InChI is InChI=1S/C43H28N2O/c1-4-12-29(13-5-1)33-21-24-38-39(27-33)40-28-36(23-25-37(40)41-42(38)46-43(44-41)31-15-6-2-7-16-31)45(34-18-8-3-9-19-34)35-22-20-30-14-10-11-17-32(30)26-35/h1-28H. The second kappa shape index (κ2) is 10.8. The lowest BCUT2D eigenvalue weighted by Gasteiger charge is -2.26. The lowest BCUT2D eigenvalue weighted by molar-refractivity contribution is 0.623. The van der Waals surface area contributed by atoms with Crippen LogP contribution in [0.1, 0.15) is 0 Å². The lowest BCUT2D eigenvalue weighted by atomic mass is 9.95. The normalized spacial score (nSPS) is 11.5. The summed E-state index contributed by atoms with van der Waals surface area (Å²) >= 11 is 0. The third-order valence-electron chi connectivity index (χ3n) is 8.83. The summed E-state index contributed by atoms with van der Waals surface area (Å²) in [5.41, 5.74) is 8.26. The van der Waals surface area contributed by atoms with E-state index in [1.165, 1.54) is 16.3 Å². The molecule has 0 aliphatic carbocycles. The molecule has 0 unspecified atom stereocenters. The zero-order valence-electron chi connectivity index (χ0n) is 25.0. The molecule has 1 heterocycles. The number of rotatable bonds is 5. The highest BCUT2D eigenvalue weighted by atomic mass is 16.3. The Balaban J connectivity index is 1.33. The molecule has 3 heteroatoms. The van der Waals surface area contributed by atoms with E-state index in [0.717, 1.165) is 60.8 Å². The highest BCUT2D eigenvalue weighted by Gasteiger charge is 2.20. The van der Waals surface area contributed by atoms with Crippen LogP contribution in [0.3, 0.4) is 0 Å². The minimum absolute atomic E-state index is 0.627. The largest absolute Gasteiger partial charge is 0.435 e. The first-order chi connectivity index (χ1) is 22.8. The fourth-order valence-electron chi connectivity index (χ4n) is 6.61. The van der Waals surface area contributed by atoms with Crippen LogP contribution in [0.2, 0.25) is 0 Å². The van der Waals surface area contributed by atoms with Crippen molar-refractivity contribution in [3.8, 4) is 22.6 Å². The Morgan fingerprint density at radius 2 is 1.00 bits per heavy atom. The van der Waals surface area contributed by atoms with Gasteiger partial charge in [-0.3, -0.25) is 0 Å². The molecule has 0 aliphatic rings. The van der Waals surface area contributed by atoms with Gasteiger partial charge in [0.15, 0.2) is 5.58 Å². The molecule has 9 aromatic rings. The van der Waals surface area contributed by atoms with Gasteiger partial charge in [-0.15, -0.1) is 0 Å². The Bertz CT molecular complexity index is 2520. The summed E-state index contributed by atoms with van der Waals surface area (Å²) in [6, 6.07) is 59.8. The first-order valence-corrected chi connectivity index (χ1v) is 15.5. The fourth-order valence-corrected chi connectivity index (χ4v) is 6.61. The summed E-state index contributed by atoms with van der Waals surface area (Å²) in [4.78, 5) is 7.42. The van der Waals surface area contributed by atoms with Gasteiger partial charge in [-0.05, 0) is 99.4 Å². The quantitative estimate of drug-likeness (QED) is 0.187. The van der Waals surface area contributed by atoms with E-state index in [1.54, 1.807) is 0 Å². The summed E-state index contributed by atoms with van der Waals surface area (Å²) in [5, 5.41) is 6.80. The minimum Gasteiger partial charge on any atom is -0.435 e. The van der Waals surface area contributed by atoms with Gasteiger partial charge in [0.1, 0.15) is 5.52 Å². The lowest BCUT2D eigenvalue weighted by Crippen LogP contribution is -2.09. The van der Waals surface area contributed by atoms with Crippen molar-refractivity contribution in [1.29, 1.82) is 0 Å². The maximum atomic E-state index is 6.56. The van der Waals surface area contributed by atoms with Gasteiger partial charge in [0.25, 0.3) is 0 Å². The van der Waals surface area contributed by atoms with Gasteiger partial charge >= 0.3 is 0 Å². The van der Waals surface area contributed by atoms with Crippen molar-refractivity contribution in [1.82, 2.24) is 4.98 Å². The predicted octanol–water partition coefficient (Wildman–Crippen LogP) is 12.1. The summed E-state index contributed by atoms with van der Waals surface area (Å²) < 4.78 is 6.56. The molecule has 8 aromatic carbocycles. The average Bonchev–Trinajstić information content (AvgIpc) is 3.59. The van der Waals surface area contributed by atoms with E-state index in [9.17, 15) is 0 Å². The number of anilines is 3. The third-order valence-corrected chi connectivity index (χ3v) is 8.83. The molecule has 0 N–H and O–H groups in total. The Kier molecular flexibility index (Phi) is 6.14. The Hall–Kier alpha value is -6.19. The van der Waals surface area contributed by atoms with Crippen LogP contribution in [0, 0.1) is 0 Å². The maximum Gasteiger partial charge on any atom is 0.227 e. The summed E-state index contributed by atoms with van der Waals surface area (Å²) in [5.74, 6) is 0.627. The van der Waals surface area contributed by atoms with Gasteiger partial charge in [-0.1, -0.05) is 103 Å². The van der Waals surface area contributed by atoms with Crippen molar-refractivity contribution < 1.29 is 4.42 Å². The molecule has 0 fully saturated rings. The topological polar surface area (TPSA) is 29.3 Å². The Labute approximate surface area is 266 Å². The van der Waals surface area contributed by atoms with E-state index in [-0.39, 0.29) is 0 Å². The van der Waals surface area contributed by atoms with Crippen LogP contribution in [-0.2, 0) is 0 Å². The number of aromatic nitrogens is 1. The zero-order valence-corrected chi connectivity index (χ0v) is 25.0. The van der Waals surface area contributed by atoms with Crippen molar-refractivity contribution in [3.63, 3.8) is 0 Å². The van der Waals surface area contributed by atoms with E-state index in [0.29, 0.717) is 5.89 Å². The second-order valence-corrected chi connectivity index (χ2v) is 11.6. The van der Waals surface area contributed by atoms with Gasteiger partial charge in [0.05, 0.1) is 0 Å². The molecule has 0 atom stereocenters. The molecular formula is C43H28N2O. The number of para-hydroxylation sites is 1. The third kappa shape index (κ3) is 4.41. The van der Waals surface area contributed by atoms with E-state index >= 15 is 0 Å². The number of benzene rings is 8. The predicted molar refractivity (Wildman–Crippen MR) is 192 cm³/mol. The molecule has 0 saturated heterocycles. The Morgan fingerprint density at radius 1 is 0.391 bits per heavy atom. The number of oxazole rings is 1. The van der Waals surface area contributed by atoms with Crippen LogP contribution >= 0.6 is 0 Å². The molecule has 0 bridgehead atoms. The zero-order chi connectivity index (χ0) is 30.5. The van der Waals surface area contributed by atoms with Crippen molar-refractivity contribution in [2.75, 3.05) is 4.90 Å². The van der Waals surface area contributed by atoms with Crippen LogP contribution in [0.5, 0.6) is 0 Å². The smallest absolute Gasteiger partial charge is 0.227 e. The van der Waals surface area contributed by atoms with Gasteiger partial charge < -0.3 is 9.32 Å². The summed E-state index contributed by atoms with van der Waals surface area (Å²) in [7, 11) is 0. The van der Waals surface area contributed by atoms with Crippen LogP contribution < -0.4 is 4.90 Å². The number of fused-ring (bicyclic) bond motifs is 7. The molecule has 0 aliphatic heterocycles. The van der Waals surface area contributed by atoms with E-state index in [2.05, 4.69) is 144 Å². The monoisotopic (exact) mass is 588 g/mol. The second-order valence-electron chi connectivity index (χ2n) is 11.6. The van der Waals surface area contributed by atoms with Crippen molar-refractivity contribution in [2.45, 2.75) is 0 Å². The van der Waals surface area contributed by atoms with Crippen LogP contribution in [0.25, 0.3) is 66.0 Å². The van der Waals surface area contributed by atoms with Crippen LogP contribution in [0.4, 0.5) is 17.1 Å². The van der Waals surface area contributed by atoms with Gasteiger partial charge in [-0.25, -0.2) is 4.98 Å². The van der Waals surface area contributed by atoms with Crippen molar-refractivity contribution >= 4 is 60.5 Å². The first kappa shape index (κ1) is 26.2. The van der Waals surface area contributed by atoms with Crippen LogP contribution in [-0.4, -0.2) is 4.98 Å². The van der Waals surface area contributed by atoms with E-state index in [4.69, 9.17) is 9.40 Å². The molecule has 0 spiro atoms. The van der Waals surface area contributed by atoms with Gasteiger partial charge in [-0.2, -0.15) is 0 Å². The molecular weight excluding hydrogens is 560 g/mol.